The van der Waals surface area contributed by atoms with Crippen LogP contribution in [0.2, 0.25) is 10.0 Å². The first-order valence-electron chi connectivity index (χ1n) is 39.0. The van der Waals surface area contributed by atoms with E-state index in [-0.39, 0.29) is 90.7 Å². The summed E-state index contributed by atoms with van der Waals surface area (Å²) in [5, 5.41) is 41.7. The number of nitrogens with zero attached hydrogens (tertiary/aromatic N) is 4. The molecule has 0 saturated carbocycles. The van der Waals surface area contributed by atoms with Crippen LogP contribution in [0.1, 0.15) is 177 Å². The number of nitro benzene ring substituents is 2. The molecule has 0 fully saturated rings. The Bertz CT molecular complexity index is 6470. The highest BCUT2D eigenvalue weighted by Gasteiger charge is 2.24. The third kappa shape index (κ3) is 34.6. The number of rotatable bonds is 25. The van der Waals surface area contributed by atoms with Gasteiger partial charge in [0.15, 0.2) is 5.78 Å². The monoisotopic (exact) mass is 1950 g/mol. The molecule has 0 amide bonds. The summed E-state index contributed by atoms with van der Waals surface area (Å²) in [5.41, 5.74) is 17.5. The summed E-state index contributed by atoms with van der Waals surface area (Å²) in [4.78, 5) is 103. The Morgan fingerprint density at radius 1 is 0.424 bits per heavy atom. The van der Waals surface area contributed by atoms with Gasteiger partial charge in [-0.2, -0.15) is 0 Å². The van der Waals surface area contributed by atoms with Crippen LogP contribution in [0.25, 0.3) is 44.3 Å². The largest absolute Gasteiger partial charge is 0.478 e. The molecule has 0 aliphatic rings. The van der Waals surface area contributed by atoms with Crippen LogP contribution >= 0.6 is 33.9 Å². The zero-order chi connectivity index (χ0) is 96.4. The van der Waals surface area contributed by atoms with E-state index >= 15 is 0 Å². The number of nitro groups is 2. The molecule has 132 heavy (non-hydrogen) atoms. The van der Waals surface area contributed by atoms with E-state index in [0.29, 0.717) is 109 Å². The van der Waals surface area contributed by atoms with Gasteiger partial charge in [-0.05, 0) is 198 Å². The van der Waals surface area contributed by atoms with Gasteiger partial charge in [0.05, 0.1) is 99.1 Å². The fourth-order valence-corrected chi connectivity index (χ4v) is 16.6. The van der Waals surface area contributed by atoms with E-state index in [1.54, 1.807) is 141 Å². The molecule has 4 heterocycles. The number of ketones is 1. The lowest BCUT2D eigenvalue weighted by Crippen LogP contribution is -2.17. The number of fused-ring (bicyclic) bond motifs is 2. The van der Waals surface area contributed by atoms with Crippen LogP contribution in [0.4, 0.5) is 34.1 Å². The number of carbonyl (C=O) groups is 6. The Kier molecular flexibility index (Phi) is 46.9. The van der Waals surface area contributed by atoms with Gasteiger partial charge in [-0.1, -0.05) is 140 Å². The number of hydrogen-bond donors (Lipinski definition) is 8. The molecule has 9 N–H and O–H groups in total. The van der Waals surface area contributed by atoms with Crippen LogP contribution in [0.5, 0.6) is 0 Å². The van der Waals surface area contributed by atoms with Gasteiger partial charge in [0.1, 0.15) is 11.3 Å². The number of carboxylic acids is 2. The van der Waals surface area contributed by atoms with E-state index in [1.807, 2.05) is 60.9 Å². The molecule has 0 aliphatic carbocycles. The number of pyridine rings is 2. The van der Waals surface area contributed by atoms with Crippen LogP contribution in [-0.2, 0) is 53.3 Å². The number of aromatic carboxylic acids is 2. The fraction of sp³-hybridized carbons (Fsp3) is 0.261. The average Bonchev–Trinajstić information content (AvgIpc) is 1.62. The van der Waals surface area contributed by atoms with Crippen LogP contribution in [-0.4, -0.2) is 154 Å². The van der Waals surface area contributed by atoms with Crippen molar-refractivity contribution in [3.05, 3.63) is 303 Å². The molecule has 710 valence electrons. The molecule has 0 aliphatic heterocycles. The number of benzene rings is 8. The van der Waals surface area contributed by atoms with Crippen molar-refractivity contribution in [3.8, 4) is 22.3 Å². The summed E-state index contributed by atoms with van der Waals surface area (Å²) in [6.45, 7) is 16.8. The van der Waals surface area contributed by atoms with E-state index in [1.165, 1.54) is 83.7 Å². The number of carbonyl (C=O) groups excluding carboxylic acids is 4. The molecular weight excluding hydrogens is 1850 g/mol. The zero-order valence-electron chi connectivity index (χ0n) is 72.3. The SMILES string of the molecule is C.C.C.CCCS(=O)(=O)Cl.CCCS(=O)(=O)Nc1cccc(C(=O)O)c1C.CCCS(=O)(=O)Nc1cccc(C(=O)OC)c1C.CCCS(=O)(=O)Nc1cccc(C(=O)c2c[nH]c3ncc(-c4ccc(Cl)cc4)cc23)c1C.COC(=O)c1cccc(N)c1C.COC(=O)c1cccc([N+](=O)[O-])c1C.Cc1c(C(=O)O)cccc1[N+](=O)[O-].Clc1ccc(-c2cnc3[nH]ccc3c2)cc1. The molecule has 33 nitrogen and oxygen atoms in total. The predicted molar refractivity (Wildman–Crippen MR) is 522 cm³/mol. The number of anilines is 4. The van der Waals surface area contributed by atoms with E-state index in [4.69, 9.17) is 49.8 Å². The normalized spacial score (nSPS) is 10.5. The Morgan fingerprint density at radius 3 is 1.14 bits per heavy atom. The molecule has 8 aromatic carbocycles. The Labute approximate surface area is 783 Å². The second-order valence-electron chi connectivity index (χ2n) is 27.8. The number of nitrogen functional groups attached to an aromatic ring is 1. The quantitative estimate of drug-likeness (QED) is 0.00501. The Hall–Kier alpha value is -13.2. The number of methoxy groups -OCH3 is 3. The molecule has 0 radical (unpaired) electrons. The van der Waals surface area contributed by atoms with Crippen molar-refractivity contribution >= 4 is 165 Å². The van der Waals surface area contributed by atoms with Gasteiger partial charge in [-0.15, -0.1) is 0 Å². The maximum Gasteiger partial charge on any atom is 0.338 e. The summed E-state index contributed by atoms with van der Waals surface area (Å²) in [5.74, 6) is -3.66. The first kappa shape index (κ1) is 115. The van der Waals surface area contributed by atoms with Crippen molar-refractivity contribution in [1.82, 2.24) is 19.9 Å². The lowest BCUT2D eigenvalue weighted by molar-refractivity contribution is -0.385. The second kappa shape index (κ2) is 53.8. The van der Waals surface area contributed by atoms with Crippen molar-refractivity contribution in [2.45, 2.75) is 117 Å². The fourth-order valence-electron chi connectivity index (χ4n) is 11.8. The van der Waals surface area contributed by atoms with Crippen molar-refractivity contribution < 1.29 is 96.7 Å². The molecular formula is C92H109Cl3N10O23S4. The van der Waals surface area contributed by atoms with Gasteiger partial charge in [0.25, 0.3) is 11.4 Å². The highest BCUT2D eigenvalue weighted by molar-refractivity contribution is 8.13. The third-order valence-electron chi connectivity index (χ3n) is 18.5. The molecule has 0 unspecified atom stereocenters. The van der Waals surface area contributed by atoms with Crippen molar-refractivity contribution in [3.63, 3.8) is 0 Å². The molecule has 0 atom stereocenters. The number of sulfonamides is 3. The highest BCUT2D eigenvalue weighted by Crippen LogP contribution is 2.32. The highest BCUT2D eigenvalue weighted by atomic mass is 35.7. The second-order valence-corrected chi connectivity index (χ2v) is 37.1. The number of hydrogen-bond acceptors (Lipinski definition) is 24. The van der Waals surface area contributed by atoms with Crippen LogP contribution in [0, 0.1) is 61.8 Å². The summed E-state index contributed by atoms with van der Waals surface area (Å²) in [7, 11) is -4.74. The van der Waals surface area contributed by atoms with E-state index in [2.05, 4.69) is 54.4 Å². The summed E-state index contributed by atoms with van der Waals surface area (Å²) in [6, 6.07) is 49.0. The van der Waals surface area contributed by atoms with Crippen LogP contribution in [0.3, 0.4) is 0 Å². The average molecular weight is 1960 g/mol. The van der Waals surface area contributed by atoms with Crippen molar-refractivity contribution in [2.75, 3.05) is 64.2 Å². The first-order chi connectivity index (χ1) is 60.7. The van der Waals surface area contributed by atoms with E-state index in [9.17, 15) is 82.7 Å². The molecule has 4 aromatic heterocycles. The molecule has 0 spiro atoms. The maximum absolute atomic E-state index is 13.4. The minimum absolute atomic E-state index is 0. The van der Waals surface area contributed by atoms with Gasteiger partial charge in [-0.3, -0.25) is 39.2 Å². The van der Waals surface area contributed by atoms with Gasteiger partial charge < -0.3 is 40.1 Å². The Morgan fingerprint density at radius 2 is 0.758 bits per heavy atom. The number of nitrogens with two attached hydrogens (primary N) is 1. The molecule has 0 bridgehead atoms. The number of nitrogens with one attached hydrogen (secondary N) is 5. The number of H-pyrrole nitrogens is 2. The van der Waals surface area contributed by atoms with Gasteiger partial charge in [-0.25, -0.2) is 67.6 Å². The minimum atomic E-state index is -3.46. The number of aromatic amines is 2. The van der Waals surface area contributed by atoms with Gasteiger partial charge >= 0.3 is 29.8 Å². The molecule has 0 saturated heterocycles. The summed E-state index contributed by atoms with van der Waals surface area (Å²) < 4.78 is 112. The molecule has 40 heteroatoms. The van der Waals surface area contributed by atoms with E-state index in [0.717, 1.165) is 43.9 Å². The first-order valence-corrected chi connectivity index (χ1v) is 47.2. The standard InChI is InChI=1S/C24H22ClN3O3S.C13H9ClN2.C12H17NO4S.C11H15NO4S.C9H9NO4.C9H11NO2.C8H7NO4.C3H7ClO2S.3CH4/c1-3-11-32(30,31)28-22-6-4-5-19(15(22)2)23(29)21-14-27-24-20(21)12-17(13-26-24)16-7-9-18(25)10-8-16;14-12-3-1-9(2-4-12)11-7-10-5-6-15-13(10)16-8-11;1-4-8-18(15,16)13-11-7-5-6-10(9(11)2)12(14)17-3;1-3-7-17(15,16)12-10-6-4-5-9(8(10)2)11(13)14;1-6-7(9(11)14-2)4-3-5-8(6)10(12)13;1-6-7(9(11)12-2)4-3-5-8(6)10;1-5-6(8(10)11)3-2-4-7(5)9(12)13;1-2-3-7(4,5)6;;;/h4-10,12-14,28H,3,11H2,1-2H3,(H,26,27);1-8H,(H,15,16);5-7,13H,4,8H2,1-3H3;4-6,12H,3,7H2,1-2H3,(H,13,14);3-5H,1-2H3;3-5H,10H2,1-2H3;2-4H,1H3,(H,10,11);2-3H2,1H3;3*1H4. The Balaban J connectivity index is 0.000000526. The third-order valence-corrected chi connectivity index (χ3v) is 24.8. The van der Waals surface area contributed by atoms with E-state index < -0.39 is 72.8 Å². The molecule has 12 rings (SSSR count). The zero-order valence-corrected chi connectivity index (χ0v) is 77.8. The number of esters is 3. The van der Waals surface area contributed by atoms with Crippen LogP contribution in [0.15, 0.2) is 201 Å². The maximum atomic E-state index is 13.4. The molecule has 12 aromatic rings. The summed E-state index contributed by atoms with van der Waals surface area (Å²) in [6.07, 6.45) is 9.27. The van der Waals surface area contributed by atoms with Crippen LogP contribution < -0.4 is 19.9 Å². The van der Waals surface area contributed by atoms with Gasteiger partial charge in [0.2, 0.25) is 39.1 Å². The number of ether oxygens (including phenoxy) is 3. The van der Waals surface area contributed by atoms with Crippen molar-refractivity contribution in [1.29, 1.82) is 0 Å². The topological polar surface area (TPSA) is 513 Å². The lowest BCUT2D eigenvalue weighted by Gasteiger charge is -2.13. The number of aromatic nitrogens is 4. The smallest absolute Gasteiger partial charge is 0.338 e. The number of carboxylic acid groups (broad SMARTS) is 2. The lowest BCUT2D eigenvalue weighted by atomic mass is 9.97. The summed E-state index contributed by atoms with van der Waals surface area (Å²) >= 11 is 11.8. The van der Waals surface area contributed by atoms with Gasteiger partial charge in [0, 0.05) is 107 Å². The number of halogens is 3. The predicted octanol–water partition coefficient (Wildman–Crippen LogP) is 20.8. The minimum Gasteiger partial charge on any atom is -0.478 e. The van der Waals surface area contributed by atoms with Crippen molar-refractivity contribution in [2.24, 2.45) is 0 Å².